The molecule has 0 bridgehead atoms. The largest absolute Gasteiger partial charge is 0.481 e. The molecule has 0 aromatic rings. The lowest BCUT2D eigenvalue weighted by atomic mass is 9.80. The lowest BCUT2D eigenvalue weighted by molar-refractivity contribution is -0.154. The minimum absolute atomic E-state index is 0.175. The number of hydrogen-bond donors (Lipinski definition) is 1. The first kappa shape index (κ1) is 11.3. The molecule has 1 aliphatic carbocycles. The lowest BCUT2D eigenvalue weighted by Crippen LogP contribution is -2.25. The molecule has 14 heavy (non-hydrogen) atoms. The van der Waals surface area contributed by atoms with Crippen LogP contribution >= 0.6 is 0 Å². The number of carbonyl (C=O) groups is 1. The van der Waals surface area contributed by atoms with Crippen LogP contribution in [0.15, 0.2) is 0 Å². The van der Waals surface area contributed by atoms with E-state index in [9.17, 15) is 18.0 Å². The zero-order valence-electron chi connectivity index (χ0n) is 7.68. The molecule has 1 fully saturated rings. The van der Waals surface area contributed by atoms with Crippen molar-refractivity contribution in [2.75, 3.05) is 0 Å². The molecule has 0 aromatic heterocycles. The van der Waals surface area contributed by atoms with E-state index in [4.69, 9.17) is 5.11 Å². The van der Waals surface area contributed by atoms with Gasteiger partial charge in [0, 0.05) is 6.42 Å². The molecule has 2 unspecified atom stereocenters. The van der Waals surface area contributed by atoms with E-state index in [0.717, 1.165) is 0 Å². The highest BCUT2D eigenvalue weighted by molar-refractivity contribution is 5.70. The van der Waals surface area contributed by atoms with Crippen LogP contribution in [0.4, 0.5) is 13.2 Å². The summed E-state index contributed by atoms with van der Waals surface area (Å²) in [5.41, 5.74) is 0. The van der Waals surface area contributed by atoms with E-state index in [2.05, 4.69) is 0 Å². The van der Waals surface area contributed by atoms with Gasteiger partial charge in [0.15, 0.2) is 0 Å². The molecule has 1 N–H and O–H groups in total. The Kier molecular flexibility index (Phi) is 3.39. The normalized spacial score (nSPS) is 28.8. The standard InChI is InChI=1S/C9H13F3O2/c10-9(11,12)5-6-2-1-3-7(4-6)8(13)14/h6-7H,1-5H2,(H,13,14). The summed E-state index contributed by atoms with van der Waals surface area (Å²) in [5, 5.41) is 8.67. The predicted octanol–water partition coefficient (Wildman–Crippen LogP) is 2.83. The maximum absolute atomic E-state index is 12.0. The fourth-order valence-corrected chi connectivity index (χ4v) is 2.03. The summed E-state index contributed by atoms with van der Waals surface area (Å²) in [6, 6.07) is 0. The summed E-state index contributed by atoms with van der Waals surface area (Å²) in [4.78, 5) is 10.6. The van der Waals surface area contributed by atoms with E-state index in [1.165, 1.54) is 0 Å². The number of hydrogen-bond acceptors (Lipinski definition) is 1. The molecule has 2 atom stereocenters. The van der Waals surface area contributed by atoms with Gasteiger partial charge >= 0.3 is 12.1 Å². The third kappa shape index (κ3) is 3.55. The molecule has 0 spiro atoms. The Morgan fingerprint density at radius 3 is 2.50 bits per heavy atom. The maximum atomic E-state index is 12.0. The highest BCUT2D eigenvalue weighted by atomic mass is 19.4. The Labute approximate surface area is 80.1 Å². The molecule has 0 aliphatic heterocycles. The Morgan fingerprint density at radius 2 is 2.00 bits per heavy atom. The van der Waals surface area contributed by atoms with Gasteiger partial charge in [-0.2, -0.15) is 13.2 Å². The van der Waals surface area contributed by atoms with Gasteiger partial charge in [0.25, 0.3) is 0 Å². The highest BCUT2D eigenvalue weighted by Gasteiger charge is 2.35. The minimum atomic E-state index is -4.16. The van der Waals surface area contributed by atoms with Crippen LogP contribution in [0.2, 0.25) is 0 Å². The molecule has 1 rings (SSSR count). The second-order valence-corrected chi connectivity index (χ2v) is 3.89. The van der Waals surface area contributed by atoms with Crippen molar-refractivity contribution in [2.45, 2.75) is 38.3 Å². The minimum Gasteiger partial charge on any atom is -0.481 e. The average Bonchev–Trinajstić information content (AvgIpc) is 2.01. The van der Waals surface area contributed by atoms with Gasteiger partial charge in [-0.05, 0) is 18.8 Å². The van der Waals surface area contributed by atoms with Crippen molar-refractivity contribution in [2.24, 2.45) is 11.8 Å². The third-order valence-electron chi connectivity index (χ3n) is 2.65. The number of carboxylic acids is 1. The fourth-order valence-electron chi connectivity index (χ4n) is 2.03. The number of rotatable bonds is 2. The fraction of sp³-hybridized carbons (Fsp3) is 0.889. The topological polar surface area (TPSA) is 37.3 Å². The van der Waals surface area contributed by atoms with Crippen molar-refractivity contribution < 1.29 is 23.1 Å². The predicted molar refractivity (Wildman–Crippen MR) is 43.8 cm³/mol. The van der Waals surface area contributed by atoms with Crippen LogP contribution in [0.3, 0.4) is 0 Å². The number of alkyl halides is 3. The summed E-state index contributed by atoms with van der Waals surface area (Å²) in [6.07, 6.45) is -3.21. The van der Waals surface area contributed by atoms with Crippen LogP contribution in [0.25, 0.3) is 0 Å². The van der Waals surface area contributed by atoms with Crippen molar-refractivity contribution in [3.05, 3.63) is 0 Å². The molecule has 1 saturated carbocycles. The van der Waals surface area contributed by atoms with E-state index in [-0.39, 0.29) is 6.42 Å². The smallest absolute Gasteiger partial charge is 0.389 e. The maximum Gasteiger partial charge on any atom is 0.389 e. The summed E-state index contributed by atoms with van der Waals surface area (Å²) in [7, 11) is 0. The van der Waals surface area contributed by atoms with Crippen LogP contribution in [0, 0.1) is 11.8 Å². The van der Waals surface area contributed by atoms with Crippen LogP contribution in [0.5, 0.6) is 0 Å². The SMILES string of the molecule is O=C(O)C1CCCC(CC(F)(F)F)C1. The Balaban J connectivity index is 2.44. The summed E-state index contributed by atoms with van der Waals surface area (Å²) >= 11 is 0. The molecule has 0 aromatic carbocycles. The Hall–Kier alpha value is -0.740. The Bertz CT molecular complexity index is 213. The van der Waals surface area contributed by atoms with Crippen LogP contribution in [0.1, 0.15) is 32.1 Å². The van der Waals surface area contributed by atoms with Crippen molar-refractivity contribution >= 4 is 5.97 Å². The first-order valence-corrected chi connectivity index (χ1v) is 4.68. The number of carboxylic acid groups (broad SMARTS) is 1. The van der Waals surface area contributed by atoms with Gasteiger partial charge < -0.3 is 5.11 Å². The van der Waals surface area contributed by atoms with E-state index in [1.807, 2.05) is 0 Å². The van der Waals surface area contributed by atoms with Gasteiger partial charge in [0.1, 0.15) is 0 Å². The average molecular weight is 210 g/mol. The molecule has 2 nitrogen and oxygen atoms in total. The molecule has 5 heteroatoms. The third-order valence-corrected chi connectivity index (χ3v) is 2.65. The van der Waals surface area contributed by atoms with Crippen LogP contribution < -0.4 is 0 Å². The summed E-state index contributed by atoms with van der Waals surface area (Å²) < 4.78 is 36.1. The molecule has 0 radical (unpaired) electrons. The monoisotopic (exact) mass is 210 g/mol. The Morgan fingerprint density at radius 1 is 1.36 bits per heavy atom. The van der Waals surface area contributed by atoms with Gasteiger partial charge in [-0.3, -0.25) is 4.79 Å². The van der Waals surface area contributed by atoms with E-state index >= 15 is 0 Å². The molecular weight excluding hydrogens is 197 g/mol. The zero-order chi connectivity index (χ0) is 10.8. The zero-order valence-corrected chi connectivity index (χ0v) is 7.68. The van der Waals surface area contributed by atoms with Crippen molar-refractivity contribution in [3.63, 3.8) is 0 Å². The lowest BCUT2D eigenvalue weighted by Gasteiger charge is -2.27. The molecular formula is C9H13F3O2. The quantitative estimate of drug-likeness (QED) is 0.760. The molecule has 82 valence electrons. The van der Waals surface area contributed by atoms with Crippen molar-refractivity contribution in [3.8, 4) is 0 Å². The van der Waals surface area contributed by atoms with Crippen LogP contribution in [-0.2, 0) is 4.79 Å². The summed E-state index contributed by atoms with van der Waals surface area (Å²) in [5.74, 6) is -2.03. The van der Waals surface area contributed by atoms with Gasteiger partial charge in [-0.15, -0.1) is 0 Å². The second-order valence-electron chi connectivity index (χ2n) is 3.89. The molecule has 0 amide bonds. The van der Waals surface area contributed by atoms with Gasteiger partial charge in [-0.1, -0.05) is 12.8 Å². The van der Waals surface area contributed by atoms with E-state index in [0.29, 0.717) is 19.3 Å². The van der Waals surface area contributed by atoms with Gasteiger partial charge in [0.05, 0.1) is 5.92 Å². The molecule has 0 saturated heterocycles. The molecule has 0 heterocycles. The first-order valence-electron chi connectivity index (χ1n) is 4.68. The number of aliphatic carboxylic acids is 1. The second kappa shape index (κ2) is 4.19. The first-order chi connectivity index (χ1) is 6.38. The van der Waals surface area contributed by atoms with E-state index < -0.39 is 30.4 Å². The molecule has 1 aliphatic rings. The van der Waals surface area contributed by atoms with E-state index in [1.54, 1.807) is 0 Å². The highest BCUT2D eigenvalue weighted by Crippen LogP contribution is 2.36. The van der Waals surface area contributed by atoms with Crippen LogP contribution in [-0.4, -0.2) is 17.3 Å². The van der Waals surface area contributed by atoms with Crippen molar-refractivity contribution in [1.29, 1.82) is 0 Å². The van der Waals surface area contributed by atoms with Gasteiger partial charge in [0.2, 0.25) is 0 Å². The summed E-state index contributed by atoms with van der Waals surface area (Å²) in [6.45, 7) is 0. The van der Waals surface area contributed by atoms with Crippen molar-refractivity contribution in [1.82, 2.24) is 0 Å². The number of halogens is 3. The van der Waals surface area contributed by atoms with Gasteiger partial charge in [-0.25, -0.2) is 0 Å².